The van der Waals surface area contributed by atoms with Crippen LogP contribution >= 0.6 is 0 Å². The SMILES string of the molecule is CC1CCCCN1c1nnc2ccc(O[C@@H]3CC[C@H](NC(=O)Nc4cc(C(C)(C)C)nn4-c4ccc(F)c(CN5CCCC5)c4)c4ccccc43)cn12.O=CO. The molecule has 1 aliphatic carbocycles. The highest BCUT2D eigenvalue weighted by atomic mass is 19.1. The Morgan fingerprint density at radius 2 is 1.71 bits per heavy atom. The van der Waals surface area contributed by atoms with E-state index < -0.39 is 0 Å². The van der Waals surface area contributed by atoms with Crippen molar-refractivity contribution >= 4 is 29.9 Å². The molecule has 2 aliphatic heterocycles. The lowest BCUT2D eigenvalue weighted by molar-refractivity contribution is -0.122. The van der Waals surface area contributed by atoms with E-state index in [1.165, 1.54) is 12.5 Å². The van der Waals surface area contributed by atoms with Crippen molar-refractivity contribution in [3.8, 4) is 11.4 Å². The topological polar surface area (TPSA) is 142 Å². The highest BCUT2D eigenvalue weighted by Gasteiger charge is 2.31. The summed E-state index contributed by atoms with van der Waals surface area (Å²) in [6, 6.07) is 18.9. The van der Waals surface area contributed by atoms with E-state index in [1.807, 2.05) is 47.0 Å². The maximum atomic E-state index is 15.0. The van der Waals surface area contributed by atoms with E-state index in [9.17, 15) is 9.18 Å². The van der Waals surface area contributed by atoms with Gasteiger partial charge in [-0.1, -0.05) is 45.0 Å². The Kier molecular flexibility index (Phi) is 11.6. The number of urea groups is 1. The molecular weight excluding hydrogens is 714 g/mol. The van der Waals surface area contributed by atoms with Crippen molar-refractivity contribution in [2.75, 3.05) is 29.9 Å². The van der Waals surface area contributed by atoms with Crippen LogP contribution in [0.3, 0.4) is 0 Å². The summed E-state index contributed by atoms with van der Waals surface area (Å²) in [6.45, 7) is 11.7. The molecule has 0 radical (unpaired) electrons. The van der Waals surface area contributed by atoms with Crippen LogP contribution in [0.2, 0.25) is 0 Å². The number of pyridine rings is 1. The Balaban J connectivity index is 0.00000155. The highest BCUT2D eigenvalue weighted by Crippen LogP contribution is 2.39. The van der Waals surface area contributed by atoms with Crippen LogP contribution in [0.15, 0.2) is 66.9 Å². The van der Waals surface area contributed by atoms with Crippen molar-refractivity contribution in [2.24, 2.45) is 0 Å². The number of carbonyl (C=O) groups excluding carboxylic acids is 1. The Morgan fingerprint density at radius 1 is 0.964 bits per heavy atom. The lowest BCUT2D eigenvalue weighted by Crippen LogP contribution is -2.38. The number of anilines is 2. The van der Waals surface area contributed by atoms with Crippen molar-refractivity contribution in [3.63, 3.8) is 0 Å². The largest absolute Gasteiger partial charge is 0.484 e. The molecule has 2 saturated heterocycles. The molecule has 3 aliphatic rings. The second-order valence-corrected chi connectivity index (χ2v) is 16.0. The van der Waals surface area contributed by atoms with Gasteiger partial charge in [-0.2, -0.15) is 5.10 Å². The first-order chi connectivity index (χ1) is 27.0. The molecule has 3 atom stereocenters. The first-order valence-electron chi connectivity index (χ1n) is 19.7. The number of benzene rings is 2. The molecule has 2 fully saturated rings. The van der Waals surface area contributed by atoms with Gasteiger partial charge in [0.2, 0.25) is 5.95 Å². The van der Waals surface area contributed by atoms with E-state index in [2.05, 4.69) is 70.5 Å². The maximum Gasteiger partial charge on any atom is 0.320 e. The van der Waals surface area contributed by atoms with Gasteiger partial charge in [-0.25, -0.2) is 13.9 Å². The Morgan fingerprint density at radius 3 is 2.46 bits per heavy atom. The summed E-state index contributed by atoms with van der Waals surface area (Å²) in [5.41, 5.74) is 4.76. The first-order valence-corrected chi connectivity index (χ1v) is 19.7. The number of rotatable bonds is 8. The van der Waals surface area contributed by atoms with E-state index in [-0.39, 0.29) is 35.9 Å². The van der Waals surface area contributed by atoms with Crippen LogP contribution in [-0.4, -0.2) is 72.6 Å². The Bertz CT molecular complexity index is 2160. The number of hydrogen-bond acceptors (Lipinski definition) is 8. The lowest BCUT2D eigenvalue weighted by atomic mass is 9.85. The maximum absolute atomic E-state index is 15.0. The van der Waals surface area contributed by atoms with Gasteiger partial charge in [-0.05, 0) is 106 Å². The van der Waals surface area contributed by atoms with Gasteiger partial charge >= 0.3 is 6.03 Å². The van der Waals surface area contributed by atoms with Crippen LogP contribution in [0.1, 0.15) is 107 Å². The minimum absolute atomic E-state index is 0.178. The van der Waals surface area contributed by atoms with Crippen molar-refractivity contribution < 1.29 is 23.8 Å². The molecule has 3 N–H and O–H groups in total. The summed E-state index contributed by atoms with van der Waals surface area (Å²) in [6.07, 6.45) is 9.05. The number of carboxylic acid groups (broad SMARTS) is 1. The second-order valence-electron chi connectivity index (χ2n) is 16.0. The molecule has 1 unspecified atom stereocenters. The number of piperidine rings is 1. The molecule has 2 amide bonds. The first kappa shape index (κ1) is 38.8. The summed E-state index contributed by atoms with van der Waals surface area (Å²) >= 11 is 0. The lowest BCUT2D eigenvalue weighted by Gasteiger charge is -2.33. The predicted octanol–water partition coefficient (Wildman–Crippen LogP) is 7.80. The fourth-order valence-electron chi connectivity index (χ4n) is 8.05. The smallest absolute Gasteiger partial charge is 0.320 e. The normalized spacial score (nSPS) is 19.9. The molecule has 2 aromatic carbocycles. The van der Waals surface area contributed by atoms with E-state index in [0.29, 0.717) is 36.1 Å². The third kappa shape index (κ3) is 8.49. The van der Waals surface area contributed by atoms with Crippen molar-refractivity contribution in [2.45, 2.75) is 103 Å². The number of halogens is 1. The van der Waals surface area contributed by atoms with E-state index >= 15 is 0 Å². The zero-order valence-electron chi connectivity index (χ0n) is 32.6. The van der Waals surface area contributed by atoms with Crippen LogP contribution in [0.5, 0.6) is 5.75 Å². The number of nitrogens with zero attached hydrogens (tertiary/aromatic N) is 7. The van der Waals surface area contributed by atoms with Gasteiger partial charge in [0.05, 0.1) is 23.6 Å². The number of nitrogens with one attached hydrogen (secondary N) is 2. The molecule has 8 rings (SSSR count). The molecular formula is C42H52FN9O4. The fourth-order valence-corrected chi connectivity index (χ4v) is 8.05. The van der Waals surface area contributed by atoms with Gasteiger partial charge in [0.1, 0.15) is 23.5 Å². The number of fused-ring (bicyclic) bond motifs is 2. The van der Waals surface area contributed by atoms with Gasteiger partial charge < -0.3 is 20.1 Å². The van der Waals surface area contributed by atoms with E-state index in [1.54, 1.807) is 10.7 Å². The fraction of sp³-hybridized carbons (Fsp3) is 0.452. The number of ether oxygens (including phenoxy) is 1. The predicted molar refractivity (Wildman–Crippen MR) is 213 cm³/mol. The summed E-state index contributed by atoms with van der Waals surface area (Å²) in [7, 11) is 0. The number of likely N-dealkylation sites (tertiary alicyclic amines) is 1. The standard InChI is InChI=1S/C41H50FN9O2.CH2O2/c1-27-11-7-8-22-49(27)40-46-45-37-19-15-30(26-50(37)40)53-35-18-17-34(31-12-5-6-13-32(31)35)43-39(52)44-38-24-36(41(2,3)4)47-51(38)29-14-16-33(42)28(23-29)25-48-20-9-10-21-48;2-1-3/h5-6,12-16,19,23-24,26-27,34-35H,7-11,17-18,20-22,25H2,1-4H3,(H2,43,44,52);1H,(H,2,3)/t27?,34-,35+;/m0./s1. The number of aromatic nitrogens is 5. The van der Waals surface area contributed by atoms with Crippen molar-refractivity contribution in [1.29, 1.82) is 0 Å². The Labute approximate surface area is 326 Å². The van der Waals surface area contributed by atoms with E-state index in [0.717, 1.165) is 85.9 Å². The van der Waals surface area contributed by atoms with Gasteiger partial charge in [0.25, 0.3) is 6.47 Å². The summed E-state index contributed by atoms with van der Waals surface area (Å²) in [5.74, 6) is 1.90. The molecule has 296 valence electrons. The Hall–Kier alpha value is -5.50. The van der Waals surface area contributed by atoms with Gasteiger partial charge in [0, 0.05) is 36.2 Å². The molecule has 56 heavy (non-hydrogen) atoms. The summed E-state index contributed by atoms with van der Waals surface area (Å²) < 4.78 is 25.4. The zero-order valence-corrected chi connectivity index (χ0v) is 32.6. The number of carbonyl (C=O) groups is 2. The molecule has 14 heteroatoms. The van der Waals surface area contributed by atoms with Crippen LogP contribution in [0.4, 0.5) is 21.0 Å². The minimum Gasteiger partial charge on any atom is -0.484 e. The third-order valence-corrected chi connectivity index (χ3v) is 11.0. The molecule has 13 nitrogen and oxygen atoms in total. The summed E-state index contributed by atoms with van der Waals surface area (Å²) in [5, 5.41) is 27.1. The van der Waals surface area contributed by atoms with Gasteiger partial charge in [-0.3, -0.25) is 19.4 Å². The van der Waals surface area contributed by atoms with E-state index in [4.69, 9.17) is 19.7 Å². The monoisotopic (exact) mass is 765 g/mol. The minimum atomic E-state index is -0.331. The highest BCUT2D eigenvalue weighted by molar-refractivity contribution is 5.89. The second kappa shape index (κ2) is 16.7. The summed E-state index contributed by atoms with van der Waals surface area (Å²) in [4.78, 5) is 26.7. The zero-order chi connectivity index (χ0) is 39.4. The van der Waals surface area contributed by atoms with Crippen LogP contribution in [0, 0.1) is 5.82 Å². The van der Waals surface area contributed by atoms with Gasteiger partial charge in [0.15, 0.2) is 5.65 Å². The molecule has 0 bridgehead atoms. The number of amides is 2. The molecule has 5 heterocycles. The van der Waals surface area contributed by atoms with Crippen LogP contribution in [-0.2, 0) is 16.8 Å². The van der Waals surface area contributed by atoms with Crippen LogP contribution in [0.25, 0.3) is 11.3 Å². The van der Waals surface area contributed by atoms with Crippen molar-refractivity contribution in [3.05, 3.63) is 95.1 Å². The van der Waals surface area contributed by atoms with Gasteiger partial charge in [-0.15, -0.1) is 10.2 Å². The quantitative estimate of drug-likeness (QED) is 0.135. The molecule has 0 saturated carbocycles. The average molecular weight is 766 g/mol. The third-order valence-electron chi connectivity index (χ3n) is 11.0. The molecule has 0 spiro atoms. The average Bonchev–Trinajstić information content (AvgIpc) is 3.95. The van der Waals surface area contributed by atoms with Crippen LogP contribution < -0.4 is 20.3 Å². The van der Waals surface area contributed by atoms with Crippen molar-refractivity contribution in [1.82, 2.24) is 34.6 Å². The number of hydrogen-bond donors (Lipinski definition) is 3. The molecule has 3 aromatic heterocycles. The molecule has 5 aromatic rings.